The van der Waals surface area contributed by atoms with Gasteiger partial charge in [-0.25, -0.2) is 0 Å². The number of aliphatic hydroxyl groups is 1. The molecule has 0 fully saturated rings. The molecule has 1 aromatic carbocycles. The fourth-order valence-corrected chi connectivity index (χ4v) is 2.68. The van der Waals surface area contributed by atoms with Gasteiger partial charge in [0.05, 0.1) is 5.76 Å². The summed E-state index contributed by atoms with van der Waals surface area (Å²) in [5, 5.41) is 9.52. The monoisotopic (exact) mass is 172 g/mol. The summed E-state index contributed by atoms with van der Waals surface area (Å²) < 4.78 is 0. The zero-order valence-electron chi connectivity index (χ0n) is 7.40. The van der Waals surface area contributed by atoms with Gasteiger partial charge in [0.1, 0.15) is 0 Å². The second kappa shape index (κ2) is 2.38. The van der Waals surface area contributed by atoms with Crippen LogP contribution in [0, 0.1) is 0 Å². The van der Waals surface area contributed by atoms with Gasteiger partial charge in [0.2, 0.25) is 0 Å². The van der Waals surface area contributed by atoms with E-state index in [-0.39, 0.29) is 0 Å². The van der Waals surface area contributed by atoms with Crippen LogP contribution in [0.25, 0.3) is 0 Å². The van der Waals surface area contributed by atoms with Crippen LogP contribution >= 0.6 is 0 Å². The topological polar surface area (TPSA) is 20.2 Å². The smallest absolute Gasteiger partial charge is 0.0895 e. The molecule has 0 unspecified atom stereocenters. The van der Waals surface area contributed by atoms with E-state index in [0.717, 1.165) is 6.42 Å². The average Bonchev–Trinajstić information content (AvgIpc) is 2.41. The molecule has 2 aliphatic rings. The summed E-state index contributed by atoms with van der Waals surface area (Å²) in [5.74, 6) is 1.64. The van der Waals surface area contributed by atoms with Crippen LogP contribution in [-0.2, 0) is 0 Å². The lowest BCUT2D eigenvalue weighted by atomic mass is 9.91. The first kappa shape index (κ1) is 7.19. The van der Waals surface area contributed by atoms with Gasteiger partial charge >= 0.3 is 0 Å². The third-order valence-electron chi connectivity index (χ3n) is 3.22. The lowest BCUT2D eigenvalue weighted by molar-refractivity contribution is 0.354. The highest BCUT2D eigenvalue weighted by Gasteiger charge is 2.33. The number of benzene rings is 1. The van der Waals surface area contributed by atoms with Crippen LogP contribution in [0.15, 0.2) is 36.1 Å². The van der Waals surface area contributed by atoms with E-state index in [1.807, 2.05) is 6.08 Å². The van der Waals surface area contributed by atoms with Crippen molar-refractivity contribution in [1.82, 2.24) is 0 Å². The van der Waals surface area contributed by atoms with Gasteiger partial charge in [0, 0.05) is 12.3 Å². The lowest BCUT2D eigenvalue weighted by Gasteiger charge is -2.15. The van der Waals surface area contributed by atoms with E-state index in [1.165, 1.54) is 17.5 Å². The van der Waals surface area contributed by atoms with E-state index in [1.54, 1.807) is 0 Å². The summed E-state index contributed by atoms with van der Waals surface area (Å²) in [6, 6.07) is 8.57. The minimum atomic E-state index is 0.481. The van der Waals surface area contributed by atoms with Crippen molar-refractivity contribution in [3.8, 4) is 0 Å². The summed E-state index contributed by atoms with van der Waals surface area (Å²) in [5.41, 5.74) is 2.88. The van der Waals surface area contributed by atoms with Crippen molar-refractivity contribution in [2.45, 2.75) is 24.7 Å². The highest BCUT2D eigenvalue weighted by Crippen LogP contribution is 2.48. The molecule has 0 amide bonds. The van der Waals surface area contributed by atoms with Crippen molar-refractivity contribution in [1.29, 1.82) is 0 Å². The van der Waals surface area contributed by atoms with Crippen LogP contribution < -0.4 is 0 Å². The maximum atomic E-state index is 9.52. The maximum Gasteiger partial charge on any atom is 0.0895 e. The van der Waals surface area contributed by atoms with Crippen LogP contribution in [0.5, 0.6) is 0 Å². The fraction of sp³-hybridized carbons (Fsp3) is 0.333. The number of aliphatic hydroxyl groups excluding tert-OH is 1. The first-order chi connectivity index (χ1) is 6.34. The highest BCUT2D eigenvalue weighted by atomic mass is 16.3. The standard InChI is InChI=1S/C12H12O/c13-10-6-8-5-9(7-10)12-4-2-1-3-11(8)12/h1-4,6,8-9,13H,5,7H2/t8-,9+/m1/s1. The molecule has 1 aromatic rings. The molecule has 2 atom stereocenters. The highest BCUT2D eigenvalue weighted by molar-refractivity contribution is 5.43. The van der Waals surface area contributed by atoms with Crippen molar-refractivity contribution in [2.75, 3.05) is 0 Å². The number of rotatable bonds is 0. The molecule has 2 aliphatic carbocycles. The van der Waals surface area contributed by atoms with Crippen molar-refractivity contribution in [3.05, 3.63) is 47.2 Å². The molecular weight excluding hydrogens is 160 g/mol. The van der Waals surface area contributed by atoms with Crippen molar-refractivity contribution < 1.29 is 5.11 Å². The Labute approximate surface area is 77.7 Å². The summed E-state index contributed by atoms with van der Waals surface area (Å²) in [6.45, 7) is 0. The van der Waals surface area contributed by atoms with Gasteiger partial charge in [-0.1, -0.05) is 24.3 Å². The molecule has 1 nitrogen and oxygen atoms in total. The van der Waals surface area contributed by atoms with Crippen LogP contribution in [-0.4, -0.2) is 5.11 Å². The Morgan fingerprint density at radius 3 is 2.77 bits per heavy atom. The van der Waals surface area contributed by atoms with E-state index in [2.05, 4.69) is 24.3 Å². The Bertz CT molecular complexity index is 378. The number of hydrogen-bond donors (Lipinski definition) is 1. The molecule has 1 heteroatoms. The van der Waals surface area contributed by atoms with Crippen LogP contribution in [0.2, 0.25) is 0 Å². The predicted molar refractivity (Wildman–Crippen MR) is 51.9 cm³/mol. The Morgan fingerprint density at radius 2 is 1.92 bits per heavy atom. The van der Waals surface area contributed by atoms with Gasteiger partial charge in [0.25, 0.3) is 0 Å². The summed E-state index contributed by atoms with van der Waals surface area (Å²) in [7, 11) is 0. The van der Waals surface area contributed by atoms with Crippen molar-refractivity contribution in [3.63, 3.8) is 0 Å². The van der Waals surface area contributed by atoms with Crippen LogP contribution in [0.3, 0.4) is 0 Å². The van der Waals surface area contributed by atoms with Crippen LogP contribution in [0.1, 0.15) is 35.8 Å². The number of allylic oxidation sites excluding steroid dienone is 2. The molecule has 0 saturated carbocycles. The molecule has 0 radical (unpaired) electrons. The SMILES string of the molecule is OC1=C[C@H]2C[C@@H](C1)c1ccccc12. The molecule has 2 bridgehead atoms. The van der Waals surface area contributed by atoms with Gasteiger partial charge in [-0.15, -0.1) is 0 Å². The summed E-state index contributed by atoms with van der Waals surface area (Å²) in [6.07, 6.45) is 4.05. The van der Waals surface area contributed by atoms with Gasteiger partial charge in [0.15, 0.2) is 0 Å². The molecule has 0 saturated heterocycles. The fourth-order valence-electron chi connectivity index (χ4n) is 2.68. The third kappa shape index (κ3) is 0.932. The normalized spacial score (nSPS) is 29.7. The van der Waals surface area contributed by atoms with E-state index in [0.29, 0.717) is 17.6 Å². The number of hydrogen-bond acceptors (Lipinski definition) is 1. The summed E-state index contributed by atoms with van der Waals surface area (Å²) >= 11 is 0. The summed E-state index contributed by atoms with van der Waals surface area (Å²) in [4.78, 5) is 0. The zero-order chi connectivity index (χ0) is 8.84. The van der Waals surface area contributed by atoms with Gasteiger partial charge in [-0.2, -0.15) is 0 Å². The van der Waals surface area contributed by atoms with E-state index in [9.17, 15) is 5.11 Å². The van der Waals surface area contributed by atoms with Gasteiger partial charge in [-0.05, 0) is 29.5 Å². The Kier molecular flexibility index (Phi) is 1.32. The molecular formula is C12H12O. The van der Waals surface area contributed by atoms with Gasteiger partial charge < -0.3 is 5.11 Å². The van der Waals surface area contributed by atoms with E-state index < -0.39 is 0 Å². The maximum absolute atomic E-state index is 9.52. The molecule has 0 heterocycles. The first-order valence-electron chi connectivity index (χ1n) is 4.83. The molecule has 3 rings (SSSR count). The van der Waals surface area contributed by atoms with E-state index >= 15 is 0 Å². The predicted octanol–water partition coefficient (Wildman–Crippen LogP) is 3.10. The quantitative estimate of drug-likeness (QED) is 0.637. The Morgan fingerprint density at radius 1 is 1.15 bits per heavy atom. The lowest BCUT2D eigenvalue weighted by Crippen LogP contribution is -2.01. The molecule has 66 valence electrons. The average molecular weight is 172 g/mol. The van der Waals surface area contributed by atoms with Gasteiger partial charge in [-0.3, -0.25) is 0 Å². The second-order valence-corrected chi connectivity index (χ2v) is 4.03. The van der Waals surface area contributed by atoms with Crippen molar-refractivity contribution >= 4 is 0 Å². The number of fused-ring (bicyclic) bond motifs is 5. The molecule has 13 heavy (non-hydrogen) atoms. The zero-order valence-corrected chi connectivity index (χ0v) is 7.40. The minimum Gasteiger partial charge on any atom is -0.513 e. The van der Waals surface area contributed by atoms with Crippen LogP contribution in [0.4, 0.5) is 0 Å². The largest absolute Gasteiger partial charge is 0.513 e. The van der Waals surface area contributed by atoms with E-state index in [4.69, 9.17) is 0 Å². The Hall–Kier alpha value is -1.24. The molecule has 0 aromatic heterocycles. The van der Waals surface area contributed by atoms with Crippen molar-refractivity contribution in [2.24, 2.45) is 0 Å². The molecule has 0 spiro atoms. The first-order valence-corrected chi connectivity index (χ1v) is 4.83. The Balaban J connectivity index is 2.17. The third-order valence-corrected chi connectivity index (χ3v) is 3.22. The molecule has 0 aliphatic heterocycles. The second-order valence-electron chi connectivity index (χ2n) is 4.03. The minimum absolute atomic E-state index is 0.481. The molecule has 1 N–H and O–H groups in total.